The lowest BCUT2D eigenvalue weighted by Gasteiger charge is -2.00. The maximum Gasteiger partial charge on any atom is 0.187 e. The summed E-state index contributed by atoms with van der Waals surface area (Å²) in [4.78, 5) is 11.8. The van der Waals surface area contributed by atoms with Crippen LogP contribution in [0.3, 0.4) is 0 Å². The number of benzene rings is 2. The van der Waals surface area contributed by atoms with Crippen LogP contribution in [0, 0.1) is 6.92 Å². The minimum atomic E-state index is -0.0590. The first-order chi connectivity index (χ1) is 9.15. The monoisotopic (exact) mass is 271 g/mol. The molecule has 0 bridgehead atoms. The number of carbonyl (C=O) groups is 1. The fourth-order valence-corrected chi connectivity index (χ4v) is 1.70. The van der Waals surface area contributed by atoms with Crippen LogP contribution >= 0.6 is 11.6 Å². The Morgan fingerprint density at radius 3 is 2.32 bits per heavy atom. The molecule has 2 aromatic carbocycles. The van der Waals surface area contributed by atoms with Gasteiger partial charge in [0.2, 0.25) is 0 Å². The number of rotatable bonds is 4. The van der Waals surface area contributed by atoms with Crippen LogP contribution in [0.15, 0.2) is 60.8 Å². The van der Waals surface area contributed by atoms with E-state index in [1.165, 1.54) is 11.6 Å². The first kappa shape index (κ1) is 13.4. The van der Waals surface area contributed by atoms with E-state index in [0.29, 0.717) is 10.6 Å². The Morgan fingerprint density at radius 1 is 1.05 bits per heavy atom. The predicted octanol–water partition coefficient (Wildman–Crippen LogP) is 4.46. The van der Waals surface area contributed by atoms with Gasteiger partial charge in [-0.1, -0.05) is 29.3 Å². The fraction of sp³-hybridized carbons (Fsp3) is 0.0625. The van der Waals surface area contributed by atoms with Crippen molar-refractivity contribution in [3.05, 3.63) is 77.0 Å². The van der Waals surface area contributed by atoms with E-state index in [0.717, 1.165) is 5.69 Å². The van der Waals surface area contributed by atoms with E-state index in [1.807, 2.05) is 31.2 Å². The Hall–Kier alpha value is -2.06. The number of halogens is 1. The van der Waals surface area contributed by atoms with Crippen LogP contribution in [-0.4, -0.2) is 5.78 Å². The van der Waals surface area contributed by atoms with Crippen molar-refractivity contribution >= 4 is 23.1 Å². The number of hydrogen-bond donors (Lipinski definition) is 1. The second-order valence-electron chi connectivity index (χ2n) is 4.21. The van der Waals surface area contributed by atoms with E-state index in [-0.39, 0.29) is 5.78 Å². The van der Waals surface area contributed by atoms with Gasteiger partial charge in [0.25, 0.3) is 0 Å². The molecule has 0 aliphatic carbocycles. The molecular formula is C16H14ClNO. The van der Waals surface area contributed by atoms with Crippen molar-refractivity contribution in [3.63, 3.8) is 0 Å². The first-order valence-corrected chi connectivity index (χ1v) is 6.32. The van der Waals surface area contributed by atoms with Crippen LogP contribution in [0.25, 0.3) is 0 Å². The van der Waals surface area contributed by atoms with Crippen LogP contribution in [-0.2, 0) is 0 Å². The second-order valence-corrected chi connectivity index (χ2v) is 4.65. The summed E-state index contributed by atoms with van der Waals surface area (Å²) in [5.41, 5.74) is 2.77. The molecule has 0 aliphatic rings. The van der Waals surface area contributed by atoms with Gasteiger partial charge in [-0.25, -0.2) is 0 Å². The summed E-state index contributed by atoms with van der Waals surface area (Å²) in [5.74, 6) is -0.0590. The quantitative estimate of drug-likeness (QED) is 0.657. The zero-order valence-electron chi connectivity index (χ0n) is 10.6. The maximum atomic E-state index is 11.8. The topological polar surface area (TPSA) is 29.1 Å². The Bertz CT molecular complexity index is 585. The molecule has 0 aliphatic heterocycles. The molecule has 0 heterocycles. The van der Waals surface area contributed by atoms with Gasteiger partial charge in [-0.2, -0.15) is 0 Å². The van der Waals surface area contributed by atoms with Crippen molar-refractivity contribution in [3.8, 4) is 0 Å². The summed E-state index contributed by atoms with van der Waals surface area (Å²) in [6.45, 7) is 2.03. The van der Waals surface area contributed by atoms with Crippen molar-refractivity contribution in [1.82, 2.24) is 0 Å². The molecule has 19 heavy (non-hydrogen) atoms. The SMILES string of the molecule is Cc1ccc(N/C=C/C(=O)c2ccc(Cl)cc2)cc1. The van der Waals surface area contributed by atoms with Crippen LogP contribution in [0.2, 0.25) is 5.02 Å². The van der Waals surface area contributed by atoms with Gasteiger partial charge in [-0.05, 0) is 43.3 Å². The lowest BCUT2D eigenvalue weighted by molar-refractivity contribution is 0.104. The van der Waals surface area contributed by atoms with E-state index in [9.17, 15) is 4.79 Å². The van der Waals surface area contributed by atoms with E-state index in [2.05, 4.69) is 5.32 Å². The van der Waals surface area contributed by atoms with Crippen LogP contribution in [0.5, 0.6) is 0 Å². The van der Waals surface area contributed by atoms with Crippen molar-refractivity contribution in [2.24, 2.45) is 0 Å². The molecule has 2 aromatic rings. The molecule has 0 spiro atoms. The van der Waals surface area contributed by atoms with Crippen LogP contribution in [0.1, 0.15) is 15.9 Å². The van der Waals surface area contributed by atoms with Gasteiger partial charge in [0.05, 0.1) is 0 Å². The number of carbonyl (C=O) groups excluding carboxylic acids is 1. The smallest absolute Gasteiger partial charge is 0.187 e. The lowest BCUT2D eigenvalue weighted by Crippen LogP contribution is -1.95. The molecule has 96 valence electrons. The fourth-order valence-electron chi connectivity index (χ4n) is 1.57. The number of ketones is 1. The van der Waals surface area contributed by atoms with Gasteiger partial charge in [-0.3, -0.25) is 4.79 Å². The molecule has 0 saturated carbocycles. The standard InChI is InChI=1S/C16H14ClNO/c1-12-2-8-15(9-3-12)18-11-10-16(19)13-4-6-14(17)7-5-13/h2-11,18H,1H3/b11-10+. The number of hydrogen-bond acceptors (Lipinski definition) is 2. The summed E-state index contributed by atoms with van der Waals surface area (Å²) >= 11 is 5.77. The molecule has 0 saturated heterocycles. The summed E-state index contributed by atoms with van der Waals surface area (Å²) in [5, 5.41) is 3.68. The largest absolute Gasteiger partial charge is 0.362 e. The average Bonchev–Trinajstić information content (AvgIpc) is 2.41. The third-order valence-electron chi connectivity index (χ3n) is 2.67. The number of allylic oxidation sites excluding steroid dienone is 1. The minimum Gasteiger partial charge on any atom is -0.362 e. The number of nitrogens with one attached hydrogen (secondary N) is 1. The molecule has 0 amide bonds. The van der Waals surface area contributed by atoms with Crippen LogP contribution < -0.4 is 5.32 Å². The molecular weight excluding hydrogens is 258 g/mol. The van der Waals surface area contributed by atoms with E-state index in [1.54, 1.807) is 30.5 Å². The van der Waals surface area contributed by atoms with Gasteiger partial charge in [0, 0.05) is 28.5 Å². The third kappa shape index (κ3) is 3.97. The molecule has 0 atom stereocenters. The zero-order chi connectivity index (χ0) is 13.7. The normalized spacial score (nSPS) is 10.6. The van der Waals surface area contributed by atoms with Gasteiger partial charge < -0.3 is 5.32 Å². The van der Waals surface area contributed by atoms with E-state index >= 15 is 0 Å². The Balaban J connectivity index is 1.97. The molecule has 0 unspecified atom stereocenters. The molecule has 1 N–H and O–H groups in total. The number of anilines is 1. The third-order valence-corrected chi connectivity index (χ3v) is 2.92. The maximum absolute atomic E-state index is 11.8. The van der Waals surface area contributed by atoms with Crippen molar-refractivity contribution in [1.29, 1.82) is 0 Å². The van der Waals surface area contributed by atoms with Gasteiger partial charge in [-0.15, -0.1) is 0 Å². The highest BCUT2D eigenvalue weighted by Gasteiger charge is 2.00. The highest BCUT2D eigenvalue weighted by atomic mass is 35.5. The Morgan fingerprint density at radius 2 is 1.68 bits per heavy atom. The molecule has 0 fully saturated rings. The molecule has 2 rings (SSSR count). The molecule has 0 aromatic heterocycles. The predicted molar refractivity (Wildman–Crippen MR) is 79.7 cm³/mol. The second kappa shape index (κ2) is 6.21. The average molecular weight is 272 g/mol. The summed E-state index contributed by atoms with van der Waals surface area (Å²) in [6, 6.07) is 14.8. The molecule has 3 heteroatoms. The first-order valence-electron chi connectivity index (χ1n) is 5.95. The van der Waals surface area contributed by atoms with Gasteiger partial charge in [0.1, 0.15) is 0 Å². The minimum absolute atomic E-state index is 0.0590. The lowest BCUT2D eigenvalue weighted by atomic mass is 10.1. The molecule has 2 nitrogen and oxygen atoms in total. The molecule has 0 radical (unpaired) electrons. The summed E-state index contributed by atoms with van der Waals surface area (Å²) in [6.07, 6.45) is 3.14. The Labute approximate surface area is 117 Å². The van der Waals surface area contributed by atoms with Crippen molar-refractivity contribution in [2.45, 2.75) is 6.92 Å². The van der Waals surface area contributed by atoms with E-state index in [4.69, 9.17) is 11.6 Å². The zero-order valence-corrected chi connectivity index (χ0v) is 11.3. The summed E-state index contributed by atoms with van der Waals surface area (Å²) < 4.78 is 0. The Kier molecular flexibility index (Phi) is 4.37. The highest BCUT2D eigenvalue weighted by Crippen LogP contribution is 2.11. The number of aryl methyl sites for hydroxylation is 1. The highest BCUT2D eigenvalue weighted by molar-refractivity contribution is 6.30. The van der Waals surface area contributed by atoms with Crippen molar-refractivity contribution in [2.75, 3.05) is 5.32 Å². The summed E-state index contributed by atoms with van der Waals surface area (Å²) in [7, 11) is 0. The van der Waals surface area contributed by atoms with E-state index < -0.39 is 0 Å². The van der Waals surface area contributed by atoms with Crippen molar-refractivity contribution < 1.29 is 4.79 Å². The van der Waals surface area contributed by atoms with Gasteiger partial charge in [0.15, 0.2) is 5.78 Å². The van der Waals surface area contributed by atoms with Crippen LogP contribution in [0.4, 0.5) is 5.69 Å². The van der Waals surface area contributed by atoms with Gasteiger partial charge >= 0.3 is 0 Å².